The molecule has 1 rings (SSSR count). The second-order valence-corrected chi connectivity index (χ2v) is 11.3. The van der Waals surface area contributed by atoms with Gasteiger partial charge in [0, 0.05) is 57.4 Å². The minimum atomic E-state index is 0.0450. The van der Waals surface area contributed by atoms with Crippen LogP contribution >= 0.6 is 0 Å². The van der Waals surface area contributed by atoms with Gasteiger partial charge in [0.05, 0.1) is 18.9 Å². The Balaban J connectivity index is 0. The van der Waals surface area contributed by atoms with Gasteiger partial charge in [-0.05, 0) is 45.1 Å². The Bertz CT molecular complexity index is 740. The molecule has 0 radical (unpaired) electrons. The molecule has 0 atom stereocenters. The standard InChI is InChI=1S/C19H39NO3.C11H21N5O.C2H6/c1-17(2)11-7-5-9-13-22-15-16-23-14-10-6-8-12-20-19(21)18(3)4;1-9(2)11(17)13-5-4-6-16-8-10(7-12-3)14-15-16;1-2/h17-18H,5-16H2,1-4H3,(H,20,21);8-9,12H,4-7H2,1-3H3,(H,13,17);1-2H3. The summed E-state index contributed by atoms with van der Waals surface area (Å²) in [6, 6.07) is 0. The fourth-order valence-corrected chi connectivity index (χ4v) is 3.54. The maximum absolute atomic E-state index is 11.3. The van der Waals surface area contributed by atoms with Gasteiger partial charge in [0.25, 0.3) is 0 Å². The lowest BCUT2D eigenvalue weighted by Crippen LogP contribution is -2.29. The molecular weight excluding hydrogens is 532 g/mol. The van der Waals surface area contributed by atoms with E-state index in [-0.39, 0.29) is 23.7 Å². The number of hydrogen-bond acceptors (Lipinski definition) is 7. The minimum absolute atomic E-state index is 0.0450. The molecule has 0 saturated carbocycles. The highest BCUT2D eigenvalue weighted by atomic mass is 16.5. The van der Waals surface area contributed by atoms with Crippen molar-refractivity contribution in [2.45, 2.75) is 120 Å². The van der Waals surface area contributed by atoms with E-state index in [0.29, 0.717) is 19.8 Å². The van der Waals surface area contributed by atoms with Crippen molar-refractivity contribution in [3.05, 3.63) is 11.9 Å². The van der Waals surface area contributed by atoms with Gasteiger partial charge < -0.3 is 25.4 Å². The smallest absolute Gasteiger partial charge is 0.222 e. The van der Waals surface area contributed by atoms with Crippen molar-refractivity contribution in [2.75, 3.05) is 46.6 Å². The molecule has 0 aliphatic carbocycles. The van der Waals surface area contributed by atoms with Crippen LogP contribution in [0.2, 0.25) is 0 Å². The van der Waals surface area contributed by atoms with Crippen LogP contribution in [0.25, 0.3) is 0 Å². The molecule has 10 nitrogen and oxygen atoms in total. The van der Waals surface area contributed by atoms with Crippen LogP contribution in [0.1, 0.15) is 112 Å². The number of ether oxygens (including phenoxy) is 2. The van der Waals surface area contributed by atoms with Gasteiger partial charge >= 0.3 is 0 Å². The molecule has 10 heteroatoms. The van der Waals surface area contributed by atoms with Crippen molar-refractivity contribution in [3.63, 3.8) is 0 Å². The summed E-state index contributed by atoms with van der Waals surface area (Å²) < 4.78 is 12.9. The Labute approximate surface area is 257 Å². The Hall–Kier alpha value is -2.04. The molecule has 2 amide bonds. The molecule has 0 unspecified atom stereocenters. The second-order valence-electron chi connectivity index (χ2n) is 11.3. The summed E-state index contributed by atoms with van der Waals surface area (Å²) >= 11 is 0. The number of nitrogens with zero attached hydrogens (tertiary/aromatic N) is 3. The van der Waals surface area contributed by atoms with E-state index in [1.807, 2.05) is 54.8 Å². The van der Waals surface area contributed by atoms with E-state index >= 15 is 0 Å². The quantitative estimate of drug-likeness (QED) is 0.145. The van der Waals surface area contributed by atoms with Crippen LogP contribution in [-0.4, -0.2) is 73.4 Å². The van der Waals surface area contributed by atoms with Crippen LogP contribution < -0.4 is 16.0 Å². The van der Waals surface area contributed by atoms with Crippen LogP contribution in [-0.2, 0) is 32.2 Å². The molecule has 0 aliphatic rings. The molecule has 248 valence electrons. The van der Waals surface area contributed by atoms with Crippen molar-refractivity contribution in [3.8, 4) is 0 Å². The van der Waals surface area contributed by atoms with Gasteiger partial charge in [-0.1, -0.05) is 79.9 Å². The zero-order chi connectivity index (χ0) is 32.0. The third-order valence-electron chi connectivity index (χ3n) is 6.06. The fourth-order valence-electron chi connectivity index (χ4n) is 3.54. The molecule has 42 heavy (non-hydrogen) atoms. The Morgan fingerprint density at radius 2 is 1.29 bits per heavy atom. The summed E-state index contributed by atoms with van der Waals surface area (Å²) in [5.74, 6) is 1.18. The van der Waals surface area contributed by atoms with Gasteiger partial charge in [0.2, 0.25) is 11.8 Å². The van der Waals surface area contributed by atoms with E-state index in [1.54, 1.807) is 4.68 Å². The lowest BCUT2D eigenvalue weighted by molar-refractivity contribution is -0.124. The van der Waals surface area contributed by atoms with Crippen LogP contribution in [0, 0.1) is 17.8 Å². The van der Waals surface area contributed by atoms with Crippen molar-refractivity contribution < 1.29 is 19.1 Å². The lowest BCUT2D eigenvalue weighted by atomic mass is 10.1. The molecule has 0 aliphatic heterocycles. The molecule has 1 heterocycles. The SMILES string of the molecule is CC.CC(C)CCCCCOCCOCCCCCNC(=O)C(C)C.CNCc1cn(CCCNC(=O)C(C)C)nn1. The number of aromatic nitrogens is 3. The van der Waals surface area contributed by atoms with Gasteiger partial charge in [-0.25, -0.2) is 0 Å². The average Bonchev–Trinajstić information content (AvgIpc) is 3.41. The number of carbonyl (C=O) groups excluding carboxylic acids is 2. The molecule has 3 N–H and O–H groups in total. The van der Waals surface area contributed by atoms with Crippen LogP contribution in [0.4, 0.5) is 0 Å². The summed E-state index contributed by atoms with van der Waals surface area (Å²) in [7, 11) is 1.88. The van der Waals surface area contributed by atoms with Crippen molar-refractivity contribution >= 4 is 11.8 Å². The third kappa shape index (κ3) is 28.1. The number of hydrogen-bond donors (Lipinski definition) is 3. The van der Waals surface area contributed by atoms with Crippen molar-refractivity contribution in [1.82, 2.24) is 30.9 Å². The maximum atomic E-state index is 11.3. The molecule has 0 spiro atoms. The summed E-state index contributed by atoms with van der Waals surface area (Å²) in [6.45, 7) is 22.1. The van der Waals surface area contributed by atoms with Gasteiger partial charge in [-0.15, -0.1) is 5.10 Å². The topological polar surface area (TPSA) is 119 Å². The highest BCUT2D eigenvalue weighted by molar-refractivity contribution is 5.78. The van der Waals surface area contributed by atoms with Gasteiger partial charge in [-0.3, -0.25) is 14.3 Å². The number of nitrogens with one attached hydrogen (secondary N) is 3. The van der Waals surface area contributed by atoms with E-state index in [1.165, 1.54) is 19.3 Å². The van der Waals surface area contributed by atoms with E-state index in [0.717, 1.165) is 76.6 Å². The number of unbranched alkanes of at least 4 members (excludes halogenated alkanes) is 4. The van der Waals surface area contributed by atoms with Crippen molar-refractivity contribution in [1.29, 1.82) is 0 Å². The predicted octanol–water partition coefficient (Wildman–Crippen LogP) is 5.36. The van der Waals surface area contributed by atoms with E-state index in [9.17, 15) is 9.59 Å². The number of carbonyl (C=O) groups is 2. The van der Waals surface area contributed by atoms with Gasteiger partial charge in [0.1, 0.15) is 0 Å². The molecule has 1 aromatic heterocycles. The van der Waals surface area contributed by atoms with Crippen LogP contribution in [0.15, 0.2) is 6.20 Å². The summed E-state index contributed by atoms with van der Waals surface area (Å²) in [5, 5.41) is 16.8. The van der Waals surface area contributed by atoms with E-state index in [4.69, 9.17) is 9.47 Å². The van der Waals surface area contributed by atoms with E-state index in [2.05, 4.69) is 40.1 Å². The predicted molar refractivity (Wildman–Crippen MR) is 173 cm³/mol. The average molecular weight is 599 g/mol. The van der Waals surface area contributed by atoms with E-state index < -0.39 is 0 Å². The highest BCUT2D eigenvalue weighted by Crippen LogP contribution is 2.07. The monoisotopic (exact) mass is 599 g/mol. The first-order chi connectivity index (χ1) is 20.2. The zero-order valence-electron chi connectivity index (χ0n) is 28.6. The fraction of sp³-hybridized carbons (Fsp3) is 0.875. The normalized spacial score (nSPS) is 10.8. The van der Waals surface area contributed by atoms with Gasteiger partial charge in [-0.2, -0.15) is 0 Å². The molecule has 1 aromatic rings. The maximum Gasteiger partial charge on any atom is 0.222 e. The first kappa shape index (κ1) is 42.1. The van der Waals surface area contributed by atoms with Crippen LogP contribution in [0.3, 0.4) is 0 Å². The Kier molecular flexibility index (Phi) is 30.5. The zero-order valence-corrected chi connectivity index (χ0v) is 28.6. The Morgan fingerprint density at radius 3 is 1.79 bits per heavy atom. The molecule has 0 aromatic carbocycles. The minimum Gasteiger partial charge on any atom is -0.379 e. The highest BCUT2D eigenvalue weighted by Gasteiger charge is 2.06. The van der Waals surface area contributed by atoms with Crippen LogP contribution in [0.5, 0.6) is 0 Å². The molecule has 0 saturated heterocycles. The second kappa shape index (κ2) is 30.4. The lowest BCUT2D eigenvalue weighted by Gasteiger charge is -2.08. The summed E-state index contributed by atoms with van der Waals surface area (Å²) in [5.41, 5.74) is 0.929. The summed E-state index contributed by atoms with van der Waals surface area (Å²) in [4.78, 5) is 22.6. The first-order valence-electron chi connectivity index (χ1n) is 16.4. The van der Waals surface area contributed by atoms with Crippen molar-refractivity contribution in [2.24, 2.45) is 17.8 Å². The number of rotatable bonds is 23. The number of amides is 2. The first-order valence-corrected chi connectivity index (χ1v) is 16.4. The third-order valence-corrected chi connectivity index (χ3v) is 6.06. The molecule has 0 bridgehead atoms. The number of aryl methyl sites for hydroxylation is 1. The molecule has 0 fully saturated rings. The molecular formula is C32H66N6O4. The van der Waals surface area contributed by atoms with Gasteiger partial charge in [0.15, 0.2) is 0 Å². The Morgan fingerprint density at radius 1 is 0.762 bits per heavy atom. The largest absolute Gasteiger partial charge is 0.379 e. The summed E-state index contributed by atoms with van der Waals surface area (Å²) in [6.07, 6.45) is 11.0.